The zero-order valence-electron chi connectivity index (χ0n) is 10.3. The highest BCUT2D eigenvalue weighted by atomic mass is 16.5. The van der Waals surface area contributed by atoms with E-state index in [1.807, 2.05) is 4.90 Å². The van der Waals surface area contributed by atoms with Gasteiger partial charge >= 0.3 is 0 Å². The number of aliphatic hydroxyl groups is 1. The van der Waals surface area contributed by atoms with Gasteiger partial charge in [0.05, 0.1) is 24.9 Å². The van der Waals surface area contributed by atoms with Gasteiger partial charge in [-0.3, -0.25) is 9.78 Å². The van der Waals surface area contributed by atoms with Gasteiger partial charge in [0, 0.05) is 25.5 Å². The average molecular weight is 250 g/mol. The van der Waals surface area contributed by atoms with Crippen molar-refractivity contribution in [2.45, 2.75) is 18.9 Å². The molecule has 98 valence electrons. The van der Waals surface area contributed by atoms with Crippen LogP contribution in [-0.4, -0.2) is 53.3 Å². The van der Waals surface area contributed by atoms with Gasteiger partial charge in [0.25, 0.3) is 5.91 Å². The Balaban J connectivity index is 1.84. The molecule has 0 aliphatic carbocycles. The van der Waals surface area contributed by atoms with Gasteiger partial charge in [-0.15, -0.1) is 0 Å². The average Bonchev–Trinajstić information content (AvgIpc) is 2.46. The molecular weight excluding hydrogens is 232 g/mol. The van der Waals surface area contributed by atoms with Crippen molar-refractivity contribution >= 4 is 5.91 Å². The largest absolute Gasteiger partial charge is 0.394 e. The number of nitrogens with zero attached hydrogens (tertiary/aromatic N) is 2. The summed E-state index contributed by atoms with van der Waals surface area (Å²) in [6.07, 6.45) is 5.07. The predicted octanol–water partition coefficient (Wildman–Crippen LogP) is 0.695. The molecule has 1 aromatic rings. The number of amides is 1. The fourth-order valence-electron chi connectivity index (χ4n) is 2.12. The van der Waals surface area contributed by atoms with Crippen molar-refractivity contribution in [1.29, 1.82) is 0 Å². The molecule has 2 rings (SSSR count). The van der Waals surface area contributed by atoms with Crippen molar-refractivity contribution in [2.75, 3.05) is 26.3 Å². The highest BCUT2D eigenvalue weighted by Crippen LogP contribution is 2.15. The van der Waals surface area contributed by atoms with E-state index < -0.39 is 0 Å². The standard InChI is InChI=1S/C13H18N2O3/c16-8-9-18-12-3-6-15(7-4-12)13(17)11-2-1-5-14-10-11/h1-2,5,10,12,16H,3-4,6-9H2. The summed E-state index contributed by atoms with van der Waals surface area (Å²) in [5, 5.41) is 8.69. The number of carbonyl (C=O) groups excluding carboxylic acids is 1. The highest BCUT2D eigenvalue weighted by Gasteiger charge is 2.23. The SMILES string of the molecule is O=C(c1cccnc1)N1CCC(OCCO)CC1. The zero-order chi connectivity index (χ0) is 12.8. The quantitative estimate of drug-likeness (QED) is 0.854. The molecule has 2 heterocycles. The fraction of sp³-hybridized carbons (Fsp3) is 0.538. The van der Waals surface area contributed by atoms with Crippen LogP contribution in [0.15, 0.2) is 24.5 Å². The number of aliphatic hydroxyl groups excluding tert-OH is 1. The van der Waals surface area contributed by atoms with Crippen LogP contribution in [0.3, 0.4) is 0 Å². The first-order chi connectivity index (χ1) is 8.81. The molecule has 1 saturated heterocycles. The lowest BCUT2D eigenvalue weighted by atomic mass is 10.1. The van der Waals surface area contributed by atoms with E-state index in [-0.39, 0.29) is 18.6 Å². The number of aromatic nitrogens is 1. The maximum Gasteiger partial charge on any atom is 0.255 e. The molecule has 0 bridgehead atoms. The number of hydrogen-bond donors (Lipinski definition) is 1. The van der Waals surface area contributed by atoms with E-state index in [1.165, 1.54) is 0 Å². The van der Waals surface area contributed by atoms with E-state index in [2.05, 4.69) is 4.98 Å². The zero-order valence-corrected chi connectivity index (χ0v) is 10.3. The van der Waals surface area contributed by atoms with Crippen LogP contribution in [0.1, 0.15) is 23.2 Å². The molecule has 0 aromatic carbocycles. The molecule has 1 aliphatic heterocycles. The Morgan fingerprint density at radius 3 is 2.89 bits per heavy atom. The van der Waals surface area contributed by atoms with Crippen LogP contribution < -0.4 is 0 Å². The topological polar surface area (TPSA) is 62.7 Å². The van der Waals surface area contributed by atoms with Gasteiger partial charge in [0.1, 0.15) is 0 Å². The summed E-state index contributed by atoms with van der Waals surface area (Å²) in [5.74, 6) is 0.0312. The number of pyridine rings is 1. The van der Waals surface area contributed by atoms with Gasteiger partial charge in [-0.2, -0.15) is 0 Å². The molecule has 1 aliphatic rings. The van der Waals surface area contributed by atoms with Crippen molar-refractivity contribution in [2.24, 2.45) is 0 Å². The molecule has 5 heteroatoms. The van der Waals surface area contributed by atoms with Gasteiger partial charge in [0.15, 0.2) is 0 Å². The monoisotopic (exact) mass is 250 g/mol. The van der Waals surface area contributed by atoms with Crippen LogP contribution in [0, 0.1) is 0 Å². The normalized spacial score (nSPS) is 16.8. The second-order valence-corrected chi connectivity index (χ2v) is 4.33. The Kier molecular flexibility index (Phi) is 4.66. The molecule has 0 radical (unpaired) electrons. The van der Waals surface area contributed by atoms with E-state index in [4.69, 9.17) is 9.84 Å². The second-order valence-electron chi connectivity index (χ2n) is 4.33. The van der Waals surface area contributed by atoms with Crippen molar-refractivity contribution in [1.82, 2.24) is 9.88 Å². The predicted molar refractivity (Wildman–Crippen MR) is 66.2 cm³/mol. The molecular formula is C13H18N2O3. The minimum atomic E-state index is 0.0312. The number of piperidine rings is 1. The lowest BCUT2D eigenvalue weighted by Crippen LogP contribution is -2.41. The number of ether oxygens (including phenoxy) is 1. The van der Waals surface area contributed by atoms with Gasteiger partial charge < -0.3 is 14.7 Å². The maximum atomic E-state index is 12.1. The van der Waals surface area contributed by atoms with E-state index in [0.29, 0.717) is 25.3 Å². The van der Waals surface area contributed by atoms with Crippen LogP contribution in [-0.2, 0) is 4.74 Å². The Morgan fingerprint density at radius 1 is 1.50 bits per heavy atom. The minimum Gasteiger partial charge on any atom is -0.394 e. The number of hydrogen-bond acceptors (Lipinski definition) is 4. The molecule has 1 fully saturated rings. The molecule has 0 atom stereocenters. The van der Waals surface area contributed by atoms with E-state index in [1.54, 1.807) is 24.5 Å². The van der Waals surface area contributed by atoms with Crippen LogP contribution in [0.2, 0.25) is 0 Å². The Morgan fingerprint density at radius 2 is 2.28 bits per heavy atom. The lowest BCUT2D eigenvalue weighted by molar-refractivity contribution is -0.00554. The third-order valence-electron chi connectivity index (χ3n) is 3.08. The van der Waals surface area contributed by atoms with Gasteiger partial charge in [-0.25, -0.2) is 0 Å². The van der Waals surface area contributed by atoms with Crippen molar-refractivity contribution < 1.29 is 14.6 Å². The molecule has 18 heavy (non-hydrogen) atoms. The van der Waals surface area contributed by atoms with Crippen LogP contribution in [0.25, 0.3) is 0 Å². The first-order valence-electron chi connectivity index (χ1n) is 6.23. The van der Waals surface area contributed by atoms with Gasteiger partial charge in [-0.05, 0) is 25.0 Å². The first kappa shape index (κ1) is 13.0. The summed E-state index contributed by atoms with van der Waals surface area (Å²) in [5.41, 5.74) is 0.632. The van der Waals surface area contributed by atoms with Crippen molar-refractivity contribution in [3.05, 3.63) is 30.1 Å². The minimum absolute atomic E-state index is 0.0312. The summed E-state index contributed by atoms with van der Waals surface area (Å²) >= 11 is 0. The molecule has 0 saturated carbocycles. The van der Waals surface area contributed by atoms with E-state index in [0.717, 1.165) is 12.8 Å². The second kappa shape index (κ2) is 6.47. The third-order valence-corrected chi connectivity index (χ3v) is 3.08. The molecule has 1 amide bonds. The van der Waals surface area contributed by atoms with Crippen molar-refractivity contribution in [3.8, 4) is 0 Å². The first-order valence-corrected chi connectivity index (χ1v) is 6.23. The summed E-state index contributed by atoms with van der Waals surface area (Å²) in [7, 11) is 0. The van der Waals surface area contributed by atoms with Gasteiger partial charge in [-0.1, -0.05) is 0 Å². The lowest BCUT2D eigenvalue weighted by Gasteiger charge is -2.31. The number of rotatable bonds is 4. The third kappa shape index (κ3) is 3.27. The summed E-state index contributed by atoms with van der Waals surface area (Å²) in [6.45, 7) is 1.82. The molecule has 0 spiro atoms. The maximum absolute atomic E-state index is 12.1. The van der Waals surface area contributed by atoms with Crippen LogP contribution >= 0.6 is 0 Å². The van der Waals surface area contributed by atoms with Crippen LogP contribution in [0.5, 0.6) is 0 Å². The summed E-state index contributed by atoms with van der Waals surface area (Å²) in [6, 6.07) is 3.55. The Bertz CT molecular complexity index is 375. The molecule has 1 N–H and O–H groups in total. The van der Waals surface area contributed by atoms with Crippen LogP contribution in [0.4, 0.5) is 0 Å². The Labute approximate surface area is 106 Å². The molecule has 1 aromatic heterocycles. The Hall–Kier alpha value is -1.46. The summed E-state index contributed by atoms with van der Waals surface area (Å²) < 4.78 is 5.47. The van der Waals surface area contributed by atoms with E-state index >= 15 is 0 Å². The molecule has 5 nitrogen and oxygen atoms in total. The number of likely N-dealkylation sites (tertiary alicyclic amines) is 1. The smallest absolute Gasteiger partial charge is 0.255 e. The van der Waals surface area contributed by atoms with E-state index in [9.17, 15) is 4.79 Å². The highest BCUT2D eigenvalue weighted by molar-refractivity contribution is 5.93. The van der Waals surface area contributed by atoms with Gasteiger partial charge in [0.2, 0.25) is 0 Å². The summed E-state index contributed by atoms with van der Waals surface area (Å²) in [4.78, 5) is 17.9. The fourth-order valence-corrected chi connectivity index (χ4v) is 2.12. The van der Waals surface area contributed by atoms with Crippen molar-refractivity contribution in [3.63, 3.8) is 0 Å². The number of carbonyl (C=O) groups is 1. The molecule has 0 unspecified atom stereocenters.